The number of Topliss-reactive ketones (excluding diaryl/α,β-unsaturated/α-hetero) is 1. The van der Waals surface area contributed by atoms with Gasteiger partial charge >= 0.3 is 0 Å². The van der Waals surface area contributed by atoms with Gasteiger partial charge in [0.15, 0.2) is 17.6 Å². The summed E-state index contributed by atoms with van der Waals surface area (Å²) in [5.41, 5.74) is -1.08. The highest BCUT2D eigenvalue weighted by molar-refractivity contribution is 7.89. The number of sulfonamides is 2. The zero-order valence-electron chi connectivity index (χ0n) is 36.2. The molecule has 0 spiro atoms. The van der Waals surface area contributed by atoms with Crippen LogP contribution in [0.2, 0.25) is 10.0 Å². The Bertz CT molecular complexity index is 2990. The fraction of sp³-hybridized carbons (Fsp3) is 0.295. The number of halogens is 2. The summed E-state index contributed by atoms with van der Waals surface area (Å²) in [5.74, 6) is -2.11. The maximum absolute atomic E-state index is 14.2. The van der Waals surface area contributed by atoms with Gasteiger partial charge in [0.25, 0.3) is 10.9 Å². The molecule has 3 atom stereocenters. The van der Waals surface area contributed by atoms with E-state index in [0.29, 0.717) is 11.1 Å². The predicted molar refractivity (Wildman–Crippen MR) is 249 cm³/mol. The number of rotatable bonds is 18. The number of nitrogens with zero attached hydrogens (tertiary/aromatic N) is 2. The molecule has 6 rings (SSSR count). The van der Waals surface area contributed by atoms with Crippen molar-refractivity contribution >= 4 is 71.8 Å². The molecule has 7 N–H and O–H groups in total. The van der Waals surface area contributed by atoms with E-state index < -0.39 is 70.1 Å². The van der Waals surface area contributed by atoms with Crippen LogP contribution in [-0.4, -0.2) is 87.5 Å². The molecule has 346 valence electrons. The van der Waals surface area contributed by atoms with Crippen LogP contribution in [0.4, 0.5) is 22.7 Å². The second-order valence-electron chi connectivity index (χ2n) is 16.6. The number of nitrogens with one attached hydrogen (secondary N) is 4. The third-order valence-electron chi connectivity index (χ3n) is 10.7. The molecule has 0 radical (unpaired) electrons. The molecule has 0 amide bonds. The van der Waals surface area contributed by atoms with Gasteiger partial charge < -0.3 is 41.3 Å². The quantitative estimate of drug-likeness (QED) is 0.0420. The summed E-state index contributed by atoms with van der Waals surface area (Å²) in [7, 11) is -3.59. The van der Waals surface area contributed by atoms with Crippen LogP contribution < -0.4 is 32.1 Å². The van der Waals surface area contributed by atoms with Gasteiger partial charge in [-0.3, -0.25) is 14.4 Å². The van der Waals surface area contributed by atoms with Crippen LogP contribution in [0.5, 0.6) is 11.5 Å². The highest BCUT2D eigenvalue weighted by atomic mass is 35.5. The van der Waals surface area contributed by atoms with Gasteiger partial charge in [-0.2, -0.15) is 4.31 Å². The summed E-state index contributed by atoms with van der Waals surface area (Å²) in [4.78, 5) is 37.4. The van der Waals surface area contributed by atoms with Crippen molar-refractivity contribution in [2.45, 2.75) is 55.3 Å². The van der Waals surface area contributed by atoms with Crippen molar-refractivity contribution < 1.29 is 41.7 Å². The van der Waals surface area contributed by atoms with Gasteiger partial charge in [0, 0.05) is 34.8 Å². The molecule has 0 saturated heterocycles. The molecule has 65 heavy (non-hydrogen) atoms. The fourth-order valence-electron chi connectivity index (χ4n) is 7.19. The van der Waals surface area contributed by atoms with Gasteiger partial charge in [0.1, 0.15) is 26.9 Å². The Morgan fingerprint density at radius 2 is 1.29 bits per heavy atom. The minimum Gasteiger partial charge on any atom is -0.504 e. The molecule has 0 bridgehead atoms. The number of methoxy groups -OCH3 is 1. The monoisotopic (exact) mass is 970 g/mol. The number of ketones is 1. The van der Waals surface area contributed by atoms with Crippen LogP contribution in [0.1, 0.15) is 49.5 Å². The van der Waals surface area contributed by atoms with Crippen molar-refractivity contribution in [3.8, 4) is 11.5 Å². The maximum Gasteiger partial charge on any atom is 0.253 e. The first-order valence-electron chi connectivity index (χ1n) is 19.8. The van der Waals surface area contributed by atoms with Gasteiger partial charge in [-0.05, 0) is 46.4 Å². The van der Waals surface area contributed by atoms with E-state index in [1.165, 1.54) is 52.5 Å². The minimum absolute atomic E-state index is 0.0323. The van der Waals surface area contributed by atoms with E-state index in [2.05, 4.69) is 21.3 Å². The number of ether oxygens (including phenoxy) is 1. The van der Waals surface area contributed by atoms with Crippen molar-refractivity contribution in [1.29, 1.82) is 0 Å². The Morgan fingerprint density at radius 1 is 0.738 bits per heavy atom. The summed E-state index contributed by atoms with van der Waals surface area (Å²) in [5, 5.41) is 44.3. The standard InChI is InChI=1S/C44H48Cl2N6O11S2/c1-44(2,3)43(24-13-9-8-10-14-24)50-34-33(39(57)40(34)58)48-29-19-17-27(46)42(36(29)54)65(61,62)52(6)21-23-12-11-15-25(20-23)30(22-63-7)49-32-31(37(55)38(32)56)47-28-18-16-26(45)41(35(28)53)64(59,60)51(4)5/h8-20,30,39,43,47-50,53-54,57H,21-22H2,1-7H3/t30-,39?,43+/m1/s1. The molecular formula is C44H48Cl2N6O11S2. The van der Waals surface area contributed by atoms with Crippen LogP contribution in [0.25, 0.3) is 0 Å². The summed E-state index contributed by atoms with van der Waals surface area (Å²) in [6.07, 6.45) is -1.57. The molecule has 0 saturated carbocycles. The predicted octanol–water partition coefficient (Wildman–Crippen LogP) is 5.56. The SMILES string of the molecule is COC[C@@H](Nc1c(Nc2ccc(Cl)c(S(=O)(=O)N(C)C)c2O)c(=O)c1=O)c1cccc(CN(C)S(=O)(=O)c2c(Cl)ccc(NC3=C(N[C@@H](c4ccccc4)C(C)(C)C)C(=O)C3O)c2O)c1. The summed E-state index contributed by atoms with van der Waals surface area (Å²) in [6, 6.07) is 19.9. The molecule has 1 aliphatic carbocycles. The number of benzene rings is 4. The van der Waals surface area contributed by atoms with Gasteiger partial charge in [-0.15, -0.1) is 0 Å². The highest BCUT2D eigenvalue weighted by Crippen LogP contribution is 2.43. The molecule has 0 heterocycles. The zero-order valence-corrected chi connectivity index (χ0v) is 39.4. The van der Waals surface area contributed by atoms with Crippen molar-refractivity contribution in [3.05, 3.63) is 137 Å². The van der Waals surface area contributed by atoms with Gasteiger partial charge in [-0.1, -0.05) is 98.6 Å². The largest absolute Gasteiger partial charge is 0.504 e. The average molecular weight is 972 g/mol. The van der Waals surface area contributed by atoms with E-state index in [1.807, 2.05) is 51.1 Å². The molecule has 21 heteroatoms. The van der Waals surface area contributed by atoms with Crippen molar-refractivity contribution in [2.24, 2.45) is 5.41 Å². The first-order valence-corrected chi connectivity index (χ1v) is 23.5. The molecule has 0 aliphatic heterocycles. The number of aliphatic hydroxyl groups excluding tert-OH is 1. The molecular weight excluding hydrogens is 924 g/mol. The second kappa shape index (κ2) is 18.8. The Morgan fingerprint density at radius 3 is 1.86 bits per heavy atom. The number of hydrogen-bond donors (Lipinski definition) is 7. The molecule has 0 fully saturated rings. The van der Waals surface area contributed by atoms with Crippen molar-refractivity contribution in [3.63, 3.8) is 0 Å². The zero-order chi connectivity index (χ0) is 47.9. The Labute approximate surface area is 386 Å². The maximum atomic E-state index is 14.2. The first-order chi connectivity index (χ1) is 30.4. The van der Waals surface area contributed by atoms with Crippen LogP contribution in [-0.2, 0) is 36.1 Å². The number of phenols is 2. The van der Waals surface area contributed by atoms with E-state index in [1.54, 1.807) is 24.3 Å². The lowest BCUT2D eigenvalue weighted by molar-refractivity contribution is -0.125. The Kier molecular flexibility index (Phi) is 14.1. The lowest BCUT2D eigenvalue weighted by atomic mass is 9.81. The normalized spacial score (nSPS) is 15.6. The Hall–Kier alpha value is -5.51. The number of hydrogen-bond acceptors (Lipinski definition) is 15. The van der Waals surface area contributed by atoms with Crippen LogP contribution in [0.3, 0.4) is 0 Å². The van der Waals surface area contributed by atoms with Crippen molar-refractivity contribution in [1.82, 2.24) is 13.9 Å². The molecule has 1 aliphatic rings. The molecule has 5 aromatic carbocycles. The number of carbonyl (C=O) groups excluding carboxylic acids is 1. The topological polar surface area (TPSA) is 244 Å². The lowest BCUT2D eigenvalue weighted by Gasteiger charge is -2.38. The van der Waals surface area contributed by atoms with Crippen LogP contribution >= 0.6 is 23.2 Å². The van der Waals surface area contributed by atoms with E-state index in [9.17, 15) is 46.5 Å². The first kappa shape index (κ1) is 48.9. The van der Waals surface area contributed by atoms with Crippen molar-refractivity contribution in [2.75, 3.05) is 50.8 Å². The third kappa shape index (κ3) is 9.59. The summed E-state index contributed by atoms with van der Waals surface area (Å²) in [6.45, 7) is 5.66. The molecule has 0 aromatic heterocycles. The third-order valence-corrected chi connectivity index (χ3v) is 15.4. The Balaban J connectivity index is 1.23. The molecule has 17 nitrogen and oxygen atoms in total. The van der Waals surface area contributed by atoms with E-state index in [4.69, 9.17) is 27.9 Å². The van der Waals surface area contributed by atoms with E-state index in [0.717, 1.165) is 14.2 Å². The van der Waals surface area contributed by atoms with Gasteiger partial charge in [0.05, 0.1) is 45.8 Å². The number of carbonyl (C=O) groups is 1. The lowest BCUT2D eigenvalue weighted by Crippen LogP contribution is -2.48. The van der Waals surface area contributed by atoms with Gasteiger partial charge in [0.2, 0.25) is 25.8 Å². The number of aliphatic hydroxyl groups is 1. The van der Waals surface area contributed by atoms with E-state index in [-0.39, 0.29) is 68.8 Å². The highest BCUT2D eigenvalue weighted by Gasteiger charge is 2.42. The van der Waals surface area contributed by atoms with Gasteiger partial charge in [-0.25, -0.2) is 21.1 Å². The van der Waals surface area contributed by atoms with E-state index >= 15 is 0 Å². The summed E-state index contributed by atoms with van der Waals surface area (Å²) < 4.78 is 61.3. The number of anilines is 4. The second-order valence-corrected chi connectivity index (χ2v) is 21.4. The van der Waals surface area contributed by atoms with Crippen LogP contribution in [0.15, 0.2) is 110 Å². The minimum atomic E-state index is -4.55. The molecule has 5 aromatic rings. The number of aromatic hydroxyl groups is 2. The summed E-state index contributed by atoms with van der Waals surface area (Å²) >= 11 is 12.6. The number of phenolic OH excluding ortho intramolecular Hbond substituents is 2. The molecule has 1 unspecified atom stereocenters. The average Bonchev–Trinajstić information content (AvgIpc) is 3.24. The fourth-order valence-corrected chi connectivity index (χ4v) is 10.4. The van der Waals surface area contributed by atoms with Crippen LogP contribution in [0, 0.1) is 5.41 Å². The smallest absolute Gasteiger partial charge is 0.253 e.